The molecule has 2 heterocycles. The molecule has 1 saturated carbocycles. The summed E-state index contributed by atoms with van der Waals surface area (Å²) in [4.78, 5) is 28.7. The van der Waals surface area contributed by atoms with Crippen molar-refractivity contribution in [2.75, 3.05) is 13.1 Å². The Bertz CT molecular complexity index is 749. The topological polar surface area (TPSA) is 40.6 Å². The van der Waals surface area contributed by atoms with Crippen molar-refractivity contribution in [1.29, 1.82) is 0 Å². The van der Waals surface area contributed by atoms with E-state index in [4.69, 9.17) is 0 Å². The number of nitrogens with zero attached hydrogens (tertiary/aromatic N) is 2. The molecule has 1 spiro atoms. The molecule has 0 aromatic heterocycles. The molecule has 6 heteroatoms. The van der Waals surface area contributed by atoms with Gasteiger partial charge in [0.2, 0.25) is 5.91 Å². The van der Waals surface area contributed by atoms with Crippen LogP contribution >= 0.6 is 0 Å². The van der Waals surface area contributed by atoms with Crippen molar-refractivity contribution in [1.82, 2.24) is 9.80 Å². The maximum Gasteiger partial charge on any atom is 0.260 e. The largest absolute Gasteiger partial charge is 0.340 e. The number of amides is 2. The van der Waals surface area contributed by atoms with Crippen molar-refractivity contribution in [3.05, 3.63) is 35.6 Å². The average molecular weight is 376 g/mol. The minimum absolute atomic E-state index is 0.0833. The van der Waals surface area contributed by atoms with Crippen LogP contribution in [-0.4, -0.2) is 45.9 Å². The molecule has 0 radical (unpaired) electrons. The number of carbonyl (C=O) groups excluding carboxylic acids is 2. The van der Waals surface area contributed by atoms with Crippen molar-refractivity contribution in [3.8, 4) is 0 Å². The van der Waals surface area contributed by atoms with Gasteiger partial charge < -0.3 is 9.80 Å². The molecule has 2 saturated heterocycles. The van der Waals surface area contributed by atoms with Crippen molar-refractivity contribution in [2.45, 2.75) is 69.1 Å². The molecule has 0 bridgehead atoms. The standard InChI is InChI=1S/C21H26F2N2O2/c22-17-5-1-4-16(14-17)15-25-18(26)6-10-20(25)7-3-12-24(13-11-20)19(27)21(23)8-2-9-21/h1,4-5,14H,2-3,6-13,15H2. The third kappa shape index (κ3) is 3.34. The van der Waals surface area contributed by atoms with E-state index in [9.17, 15) is 18.4 Å². The van der Waals surface area contributed by atoms with Crippen LogP contribution in [0, 0.1) is 5.82 Å². The Kier molecular flexibility index (Phi) is 4.68. The lowest BCUT2D eigenvalue weighted by atomic mass is 9.81. The molecule has 1 aromatic carbocycles. The number of benzene rings is 1. The number of alkyl halides is 1. The molecule has 3 fully saturated rings. The predicted molar refractivity (Wildman–Crippen MR) is 97.0 cm³/mol. The second-order valence-electron chi connectivity index (χ2n) is 8.30. The Morgan fingerprint density at radius 3 is 2.59 bits per heavy atom. The summed E-state index contributed by atoms with van der Waals surface area (Å²) in [7, 11) is 0. The lowest BCUT2D eigenvalue weighted by Gasteiger charge is -2.39. The van der Waals surface area contributed by atoms with E-state index in [2.05, 4.69) is 0 Å². The molecule has 4 rings (SSSR count). The van der Waals surface area contributed by atoms with Gasteiger partial charge in [0, 0.05) is 31.6 Å². The molecule has 146 valence electrons. The first-order valence-corrected chi connectivity index (χ1v) is 9.95. The Balaban J connectivity index is 1.49. The number of hydrogen-bond donors (Lipinski definition) is 0. The zero-order valence-corrected chi connectivity index (χ0v) is 15.6. The summed E-state index contributed by atoms with van der Waals surface area (Å²) in [5, 5.41) is 0. The second-order valence-corrected chi connectivity index (χ2v) is 8.30. The molecule has 3 aliphatic rings. The zero-order valence-electron chi connectivity index (χ0n) is 15.6. The average Bonchev–Trinajstić information content (AvgIpc) is 2.81. The molecule has 1 unspecified atom stereocenters. The Hall–Kier alpha value is -1.98. The van der Waals surface area contributed by atoms with Crippen LogP contribution in [0.25, 0.3) is 0 Å². The first-order chi connectivity index (χ1) is 12.9. The molecule has 4 nitrogen and oxygen atoms in total. The summed E-state index contributed by atoms with van der Waals surface area (Å²) >= 11 is 0. The number of carbonyl (C=O) groups is 2. The molecule has 1 aliphatic carbocycles. The van der Waals surface area contributed by atoms with E-state index >= 15 is 0 Å². The van der Waals surface area contributed by atoms with Crippen LogP contribution in [0.5, 0.6) is 0 Å². The molecular weight excluding hydrogens is 350 g/mol. The summed E-state index contributed by atoms with van der Waals surface area (Å²) in [6.07, 6.45) is 4.90. The number of hydrogen-bond acceptors (Lipinski definition) is 2. The van der Waals surface area contributed by atoms with E-state index in [0.717, 1.165) is 31.2 Å². The quantitative estimate of drug-likeness (QED) is 0.809. The third-order valence-corrected chi connectivity index (χ3v) is 6.64. The number of halogens is 2. The van der Waals surface area contributed by atoms with E-state index in [1.807, 2.05) is 11.0 Å². The highest BCUT2D eigenvalue weighted by Gasteiger charge is 2.50. The van der Waals surface area contributed by atoms with Crippen molar-refractivity contribution in [2.24, 2.45) is 0 Å². The highest BCUT2D eigenvalue weighted by atomic mass is 19.1. The van der Waals surface area contributed by atoms with E-state index in [0.29, 0.717) is 45.3 Å². The fourth-order valence-corrected chi connectivity index (χ4v) is 4.83. The number of rotatable bonds is 3. The van der Waals surface area contributed by atoms with Crippen LogP contribution in [0.1, 0.15) is 56.9 Å². The van der Waals surface area contributed by atoms with E-state index in [1.165, 1.54) is 12.1 Å². The minimum Gasteiger partial charge on any atom is -0.340 e. The van der Waals surface area contributed by atoms with Gasteiger partial charge in [0.1, 0.15) is 5.82 Å². The summed E-state index contributed by atoms with van der Waals surface area (Å²) < 4.78 is 28.1. The van der Waals surface area contributed by atoms with Crippen molar-refractivity contribution in [3.63, 3.8) is 0 Å². The van der Waals surface area contributed by atoms with Gasteiger partial charge in [-0.25, -0.2) is 8.78 Å². The highest BCUT2D eigenvalue weighted by Crippen LogP contribution is 2.42. The first-order valence-electron chi connectivity index (χ1n) is 9.95. The van der Waals surface area contributed by atoms with Crippen LogP contribution in [0.15, 0.2) is 24.3 Å². The Morgan fingerprint density at radius 2 is 1.89 bits per heavy atom. The molecule has 0 N–H and O–H groups in total. The van der Waals surface area contributed by atoms with Gasteiger partial charge in [-0.3, -0.25) is 9.59 Å². The Labute approximate surface area is 158 Å². The lowest BCUT2D eigenvalue weighted by molar-refractivity contribution is -0.150. The third-order valence-electron chi connectivity index (χ3n) is 6.64. The smallest absolute Gasteiger partial charge is 0.260 e. The van der Waals surface area contributed by atoms with Crippen LogP contribution < -0.4 is 0 Å². The summed E-state index contributed by atoms with van der Waals surface area (Å²) in [6.45, 7) is 1.42. The van der Waals surface area contributed by atoms with Crippen LogP contribution in [0.4, 0.5) is 8.78 Å². The first kappa shape index (κ1) is 18.4. The Morgan fingerprint density at radius 1 is 1.07 bits per heavy atom. The minimum atomic E-state index is -1.66. The van der Waals surface area contributed by atoms with Gasteiger partial charge in [0.25, 0.3) is 5.91 Å². The zero-order chi connectivity index (χ0) is 19.1. The summed E-state index contributed by atoms with van der Waals surface area (Å²) in [6, 6.07) is 6.35. The maximum absolute atomic E-state index is 14.6. The van der Waals surface area contributed by atoms with Gasteiger partial charge >= 0.3 is 0 Å². The van der Waals surface area contributed by atoms with Crippen LogP contribution in [0.3, 0.4) is 0 Å². The van der Waals surface area contributed by atoms with Gasteiger partial charge in [-0.15, -0.1) is 0 Å². The molecular formula is C21H26F2N2O2. The number of likely N-dealkylation sites (tertiary alicyclic amines) is 2. The van der Waals surface area contributed by atoms with Crippen molar-refractivity contribution >= 4 is 11.8 Å². The summed E-state index contributed by atoms with van der Waals surface area (Å²) in [5.74, 6) is -0.591. The molecule has 1 atom stereocenters. The van der Waals surface area contributed by atoms with Crippen LogP contribution in [0.2, 0.25) is 0 Å². The molecule has 2 aliphatic heterocycles. The van der Waals surface area contributed by atoms with E-state index in [-0.39, 0.29) is 23.2 Å². The molecule has 27 heavy (non-hydrogen) atoms. The summed E-state index contributed by atoms with van der Waals surface area (Å²) in [5.41, 5.74) is -1.19. The highest BCUT2D eigenvalue weighted by molar-refractivity contribution is 5.86. The fraction of sp³-hybridized carbons (Fsp3) is 0.619. The maximum atomic E-state index is 14.6. The molecule has 1 aromatic rings. The molecule has 2 amide bonds. The SMILES string of the molecule is O=C1CCC2(CCCN(C(=O)C3(F)CCC3)CC2)N1Cc1cccc(F)c1. The van der Waals surface area contributed by atoms with Gasteiger partial charge in [-0.1, -0.05) is 12.1 Å². The van der Waals surface area contributed by atoms with Gasteiger partial charge in [0.05, 0.1) is 0 Å². The monoisotopic (exact) mass is 376 g/mol. The van der Waals surface area contributed by atoms with Gasteiger partial charge in [0.15, 0.2) is 5.67 Å². The normalized spacial score (nSPS) is 27.6. The van der Waals surface area contributed by atoms with E-state index < -0.39 is 5.67 Å². The van der Waals surface area contributed by atoms with Crippen LogP contribution in [-0.2, 0) is 16.1 Å². The second kappa shape index (κ2) is 6.88. The lowest BCUT2D eigenvalue weighted by Crippen LogP contribution is -2.51. The van der Waals surface area contributed by atoms with E-state index in [1.54, 1.807) is 11.0 Å². The van der Waals surface area contributed by atoms with Gasteiger partial charge in [-0.05, 0) is 62.6 Å². The predicted octanol–water partition coefficient (Wildman–Crippen LogP) is 3.59. The van der Waals surface area contributed by atoms with Crippen molar-refractivity contribution < 1.29 is 18.4 Å². The fourth-order valence-electron chi connectivity index (χ4n) is 4.83. The van der Waals surface area contributed by atoms with Gasteiger partial charge in [-0.2, -0.15) is 0 Å².